The van der Waals surface area contributed by atoms with Gasteiger partial charge in [-0.15, -0.1) is 0 Å². The van der Waals surface area contributed by atoms with Gasteiger partial charge in [0.05, 0.1) is 5.75 Å². The lowest BCUT2D eigenvalue weighted by Gasteiger charge is -2.21. The maximum Gasteiger partial charge on any atom is 0.408 e. The van der Waals surface area contributed by atoms with Crippen LogP contribution in [0, 0.1) is 0 Å². The molecule has 1 atom stereocenters. The first-order chi connectivity index (χ1) is 7.59. The van der Waals surface area contributed by atoms with Crippen LogP contribution >= 0.6 is 0 Å². The minimum absolute atomic E-state index is 0.0761. The van der Waals surface area contributed by atoms with Crippen LogP contribution in [0.2, 0.25) is 0 Å². The van der Waals surface area contributed by atoms with Crippen LogP contribution < -0.4 is 5.32 Å². The molecule has 0 saturated carbocycles. The molecular formula is C10H19NO5S. The predicted octanol–water partition coefficient (Wildman–Crippen LogP) is 0.513. The van der Waals surface area contributed by atoms with Crippen molar-refractivity contribution in [1.29, 1.82) is 0 Å². The smallest absolute Gasteiger partial charge is 0.408 e. The summed E-state index contributed by atoms with van der Waals surface area (Å²) in [6, 6.07) is -1.07. The quantitative estimate of drug-likeness (QED) is 0.732. The van der Waals surface area contributed by atoms with E-state index in [9.17, 15) is 18.0 Å². The van der Waals surface area contributed by atoms with E-state index < -0.39 is 33.3 Å². The van der Waals surface area contributed by atoms with Crippen molar-refractivity contribution in [3.63, 3.8) is 0 Å². The van der Waals surface area contributed by atoms with Gasteiger partial charge in [0.2, 0.25) is 0 Å². The third kappa shape index (κ3) is 7.73. The fraction of sp³-hybridized carbons (Fsp3) is 0.800. The second-order valence-corrected chi connectivity index (χ2v) is 6.99. The number of alkyl carbamates (subject to hydrolysis) is 1. The number of rotatable bonds is 5. The molecule has 7 heteroatoms. The van der Waals surface area contributed by atoms with E-state index in [2.05, 4.69) is 5.32 Å². The van der Waals surface area contributed by atoms with E-state index >= 15 is 0 Å². The molecule has 1 unspecified atom stereocenters. The second-order valence-electron chi connectivity index (χ2n) is 4.59. The third-order valence-electron chi connectivity index (χ3n) is 1.74. The van der Waals surface area contributed by atoms with Gasteiger partial charge in [-0.2, -0.15) is 0 Å². The Morgan fingerprint density at radius 2 is 1.94 bits per heavy atom. The molecule has 0 aliphatic carbocycles. The molecule has 1 N–H and O–H groups in total. The molecule has 0 fully saturated rings. The van der Waals surface area contributed by atoms with Gasteiger partial charge in [-0.05, 0) is 20.8 Å². The lowest BCUT2D eigenvalue weighted by Crippen LogP contribution is -2.43. The molecule has 0 aromatic rings. The second kappa shape index (κ2) is 6.00. The Labute approximate surface area is 102 Å². The number of nitrogens with one attached hydrogen (secondary N) is 1. The largest absolute Gasteiger partial charge is 0.444 e. The number of carbonyl (C=O) groups excluding carboxylic acids is 2. The molecule has 0 radical (unpaired) electrons. The monoisotopic (exact) mass is 265 g/mol. The summed E-state index contributed by atoms with van der Waals surface area (Å²) in [5.41, 5.74) is -0.693. The van der Waals surface area contributed by atoms with Gasteiger partial charge in [-0.3, -0.25) is 0 Å². The maximum atomic E-state index is 11.3. The molecule has 0 bridgehead atoms. The zero-order valence-corrected chi connectivity index (χ0v) is 11.3. The summed E-state index contributed by atoms with van der Waals surface area (Å²) in [6.07, 6.45) is -0.419. The van der Waals surface area contributed by atoms with Crippen molar-refractivity contribution < 1.29 is 22.7 Å². The first kappa shape index (κ1) is 15.9. The average Bonchev–Trinajstić information content (AvgIpc) is 2.13. The SMILES string of the molecule is CCS(=O)(=O)CC(C=O)NC(=O)OC(C)(C)C. The highest BCUT2D eigenvalue weighted by Crippen LogP contribution is 2.06. The van der Waals surface area contributed by atoms with Crippen molar-refractivity contribution in [2.75, 3.05) is 11.5 Å². The van der Waals surface area contributed by atoms with E-state index in [4.69, 9.17) is 4.74 Å². The van der Waals surface area contributed by atoms with E-state index in [1.54, 1.807) is 20.8 Å². The third-order valence-corrected chi connectivity index (χ3v) is 3.49. The molecule has 0 spiro atoms. The highest BCUT2D eigenvalue weighted by Gasteiger charge is 2.22. The topological polar surface area (TPSA) is 89.5 Å². The number of amides is 1. The first-order valence-electron chi connectivity index (χ1n) is 5.25. The normalized spacial score (nSPS) is 13.9. The summed E-state index contributed by atoms with van der Waals surface area (Å²) in [5.74, 6) is -0.487. The van der Waals surface area contributed by atoms with Crippen molar-refractivity contribution in [2.24, 2.45) is 0 Å². The number of carbonyl (C=O) groups is 2. The van der Waals surface area contributed by atoms with Gasteiger partial charge in [-0.25, -0.2) is 13.2 Å². The number of sulfone groups is 1. The Bertz CT molecular complexity index is 369. The molecule has 1 amide bonds. The number of aldehydes is 1. The molecule has 0 aromatic carbocycles. The van der Waals surface area contributed by atoms with Crippen molar-refractivity contribution in [1.82, 2.24) is 5.32 Å². The summed E-state index contributed by atoms with van der Waals surface area (Å²) < 4.78 is 27.5. The van der Waals surface area contributed by atoms with Crippen LogP contribution in [0.3, 0.4) is 0 Å². The number of hydrogen-bond donors (Lipinski definition) is 1. The van der Waals surface area contributed by atoms with E-state index in [-0.39, 0.29) is 5.75 Å². The zero-order chi connectivity index (χ0) is 13.7. The molecule has 0 saturated heterocycles. The number of ether oxygens (including phenoxy) is 1. The van der Waals surface area contributed by atoms with Gasteiger partial charge in [0.15, 0.2) is 9.84 Å². The van der Waals surface area contributed by atoms with Crippen LogP contribution in [0.25, 0.3) is 0 Å². The summed E-state index contributed by atoms with van der Waals surface area (Å²) in [7, 11) is -3.32. The van der Waals surface area contributed by atoms with Gasteiger partial charge < -0.3 is 14.8 Å². The van der Waals surface area contributed by atoms with Crippen LogP contribution in [0.5, 0.6) is 0 Å². The van der Waals surface area contributed by atoms with Crippen LogP contribution in [0.1, 0.15) is 27.7 Å². The molecule has 0 rings (SSSR count). The van der Waals surface area contributed by atoms with Gasteiger partial charge in [0, 0.05) is 5.75 Å². The van der Waals surface area contributed by atoms with Crippen molar-refractivity contribution in [3.8, 4) is 0 Å². The van der Waals surface area contributed by atoms with E-state index in [1.807, 2.05) is 0 Å². The molecule has 100 valence electrons. The molecule has 6 nitrogen and oxygen atoms in total. The Kier molecular flexibility index (Phi) is 5.60. The summed E-state index contributed by atoms with van der Waals surface area (Å²) in [6.45, 7) is 6.49. The number of hydrogen-bond acceptors (Lipinski definition) is 5. The average molecular weight is 265 g/mol. The van der Waals surface area contributed by atoms with Crippen LogP contribution in [-0.2, 0) is 19.4 Å². The van der Waals surface area contributed by atoms with E-state index in [0.717, 1.165) is 0 Å². The highest BCUT2D eigenvalue weighted by atomic mass is 32.2. The fourth-order valence-electron chi connectivity index (χ4n) is 0.965. The summed E-state index contributed by atoms with van der Waals surface area (Å²) in [5, 5.41) is 2.21. The van der Waals surface area contributed by atoms with Gasteiger partial charge >= 0.3 is 6.09 Å². The Morgan fingerprint density at radius 3 is 2.29 bits per heavy atom. The zero-order valence-electron chi connectivity index (χ0n) is 10.5. The van der Waals surface area contributed by atoms with Gasteiger partial charge in [0.1, 0.15) is 17.9 Å². The summed E-state index contributed by atoms with van der Waals surface area (Å²) >= 11 is 0. The van der Waals surface area contributed by atoms with Crippen molar-refractivity contribution >= 4 is 22.2 Å². The van der Waals surface area contributed by atoms with Crippen LogP contribution in [-0.4, -0.2) is 43.9 Å². The molecule has 0 aromatic heterocycles. The molecule has 0 heterocycles. The van der Waals surface area contributed by atoms with E-state index in [0.29, 0.717) is 6.29 Å². The Hall–Kier alpha value is -1.11. The van der Waals surface area contributed by atoms with Crippen LogP contribution in [0.4, 0.5) is 4.79 Å². The maximum absolute atomic E-state index is 11.3. The fourth-order valence-corrected chi connectivity index (χ4v) is 1.91. The lowest BCUT2D eigenvalue weighted by molar-refractivity contribution is -0.109. The standard InChI is InChI=1S/C10H19NO5S/c1-5-17(14,15)7-8(6-12)11-9(13)16-10(2,3)4/h6,8H,5,7H2,1-4H3,(H,11,13). The minimum Gasteiger partial charge on any atom is -0.444 e. The summed E-state index contributed by atoms with van der Waals surface area (Å²) in [4.78, 5) is 22.0. The molecule has 17 heavy (non-hydrogen) atoms. The van der Waals surface area contributed by atoms with Gasteiger partial charge in [0.25, 0.3) is 0 Å². The Balaban J connectivity index is 4.43. The lowest BCUT2D eigenvalue weighted by atomic mass is 10.2. The molecular weight excluding hydrogens is 246 g/mol. The van der Waals surface area contributed by atoms with Crippen molar-refractivity contribution in [3.05, 3.63) is 0 Å². The van der Waals surface area contributed by atoms with E-state index in [1.165, 1.54) is 6.92 Å². The predicted molar refractivity (Wildman–Crippen MR) is 63.5 cm³/mol. The Morgan fingerprint density at radius 1 is 1.41 bits per heavy atom. The molecule has 0 aliphatic heterocycles. The van der Waals surface area contributed by atoms with Gasteiger partial charge in [-0.1, -0.05) is 6.92 Å². The first-order valence-corrected chi connectivity index (χ1v) is 7.07. The van der Waals surface area contributed by atoms with Crippen LogP contribution in [0.15, 0.2) is 0 Å². The minimum atomic E-state index is -3.32. The molecule has 0 aliphatic rings. The highest BCUT2D eigenvalue weighted by molar-refractivity contribution is 7.91. The van der Waals surface area contributed by atoms with Crippen molar-refractivity contribution in [2.45, 2.75) is 39.3 Å².